The molecule has 0 aliphatic carbocycles. The highest BCUT2D eigenvalue weighted by Gasteiger charge is 2.39. The average molecular weight is 345 g/mol. The van der Waals surface area contributed by atoms with Crippen molar-refractivity contribution in [1.82, 2.24) is 0 Å². The van der Waals surface area contributed by atoms with Crippen LogP contribution in [-0.4, -0.2) is 22.6 Å². The molecule has 0 aromatic heterocycles. The minimum atomic E-state index is -1.40. The van der Waals surface area contributed by atoms with Gasteiger partial charge in [-0.2, -0.15) is 0 Å². The summed E-state index contributed by atoms with van der Waals surface area (Å²) in [5.74, 6) is -4.35. The summed E-state index contributed by atoms with van der Waals surface area (Å²) >= 11 is 5.75. The molecule has 122 valence electrons. The Kier molecular flexibility index (Phi) is 4.24. The summed E-state index contributed by atoms with van der Waals surface area (Å²) in [6.45, 7) is 2.75. The third-order valence-corrected chi connectivity index (χ3v) is 3.01. The Morgan fingerprint density at radius 1 is 1.30 bits per heavy atom. The molecular formula is C13H10ClFN2O6. The molecule has 1 aliphatic rings. The molecule has 1 aromatic rings. The van der Waals surface area contributed by atoms with Crippen molar-refractivity contribution in [2.45, 2.75) is 19.6 Å². The minimum Gasteiger partial charge on any atom is -0.419 e. The second-order valence-electron chi connectivity index (χ2n) is 4.92. The highest BCUT2D eigenvalue weighted by atomic mass is 35.5. The van der Waals surface area contributed by atoms with Crippen LogP contribution in [0.25, 0.3) is 0 Å². The van der Waals surface area contributed by atoms with E-state index in [0.29, 0.717) is 6.07 Å². The van der Waals surface area contributed by atoms with Crippen molar-refractivity contribution in [1.29, 1.82) is 0 Å². The second-order valence-corrected chi connectivity index (χ2v) is 5.33. The van der Waals surface area contributed by atoms with Crippen molar-refractivity contribution in [3.8, 4) is 0 Å². The largest absolute Gasteiger partial charge is 0.419 e. The number of hydrogen-bond donors (Lipinski definition) is 1. The van der Waals surface area contributed by atoms with Crippen molar-refractivity contribution < 1.29 is 28.4 Å². The summed E-state index contributed by atoms with van der Waals surface area (Å²) in [6.07, 6.45) is 0.857. The molecule has 1 aliphatic heterocycles. The number of anilines is 1. The Morgan fingerprint density at radius 2 is 1.87 bits per heavy atom. The molecule has 8 nitrogen and oxygen atoms in total. The van der Waals surface area contributed by atoms with Gasteiger partial charge in [0.25, 0.3) is 11.5 Å². The lowest BCUT2D eigenvalue weighted by Gasteiger charge is -2.29. The fraction of sp³-hybridized carbons (Fsp3) is 0.231. The third-order valence-electron chi connectivity index (χ3n) is 2.72. The first kappa shape index (κ1) is 16.7. The normalized spacial score (nSPS) is 16.4. The maximum absolute atomic E-state index is 13.8. The van der Waals surface area contributed by atoms with Crippen molar-refractivity contribution in [3.63, 3.8) is 0 Å². The van der Waals surface area contributed by atoms with Crippen LogP contribution in [0, 0.1) is 15.9 Å². The van der Waals surface area contributed by atoms with Gasteiger partial charge in [-0.25, -0.2) is 14.0 Å². The lowest BCUT2D eigenvalue weighted by Crippen LogP contribution is -2.42. The van der Waals surface area contributed by atoms with Crippen molar-refractivity contribution in [3.05, 3.63) is 44.9 Å². The minimum absolute atomic E-state index is 0.300. The number of esters is 2. The summed E-state index contributed by atoms with van der Waals surface area (Å²) in [6, 6.07) is 1.57. The van der Waals surface area contributed by atoms with E-state index in [1.165, 1.54) is 13.8 Å². The van der Waals surface area contributed by atoms with E-state index in [2.05, 4.69) is 5.32 Å². The fourth-order valence-electron chi connectivity index (χ4n) is 1.73. The van der Waals surface area contributed by atoms with Crippen LogP contribution in [0.3, 0.4) is 0 Å². The van der Waals surface area contributed by atoms with Crippen molar-refractivity contribution in [2.24, 2.45) is 0 Å². The first-order valence-electron chi connectivity index (χ1n) is 6.17. The maximum atomic E-state index is 13.8. The van der Waals surface area contributed by atoms with E-state index in [1.54, 1.807) is 0 Å². The van der Waals surface area contributed by atoms with Gasteiger partial charge in [0.2, 0.25) is 0 Å². The molecule has 23 heavy (non-hydrogen) atoms. The van der Waals surface area contributed by atoms with Gasteiger partial charge in [0, 0.05) is 26.1 Å². The van der Waals surface area contributed by atoms with E-state index in [1.807, 2.05) is 0 Å². The molecule has 0 spiro atoms. The van der Waals surface area contributed by atoms with Crippen LogP contribution in [0.5, 0.6) is 0 Å². The molecule has 1 fully saturated rings. The van der Waals surface area contributed by atoms with Gasteiger partial charge in [-0.15, -0.1) is 0 Å². The maximum Gasteiger partial charge on any atom is 0.350 e. The molecule has 1 N–H and O–H groups in total. The smallest absolute Gasteiger partial charge is 0.350 e. The number of nitro benzene ring substituents is 1. The lowest BCUT2D eigenvalue weighted by molar-refractivity contribution is -0.385. The topological polar surface area (TPSA) is 108 Å². The van der Waals surface area contributed by atoms with Gasteiger partial charge in [-0.3, -0.25) is 10.1 Å². The molecule has 0 atom stereocenters. The molecular weight excluding hydrogens is 335 g/mol. The van der Waals surface area contributed by atoms with Gasteiger partial charge in [-0.05, 0) is 0 Å². The van der Waals surface area contributed by atoms with Crippen LogP contribution in [0.2, 0.25) is 5.02 Å². The SMILES string of the molecule is CC1(C)OC(=O)C(=CNc2c(F)cc([N+](=O)[O-])cc2Cl)C(=O)O1. The number of nitrogens with one attached hydrogen (secondary N) is 1. The van der Waals surface area contributed by atoms with Crippen LogP contribution < -0.4 is 5.32 Å². The summed E-state index contributed by atoms with van der Waals surface area (Å²) in [5, 5.41) is 12.6. The number of rotatable bonds is 3. The Morgan fingerprint density at radius 3 is 2.35 bits per heavy atom. The van der Waals surface area contributed by atoms with Crippen molar-refractivity contribution >= 4 is 34.9 Å². The zero-order chi connectivity index (χ0) is 17.4. The Balaban J connectivity index is 2.28. The van der Waals surface area contributed by atoms with Crippen LogP contribution >= 0.6 is 11.6 Å². The number of carbonyl (C=O) groups excluding carboxylic acids is 2. The molecule has 2 rings (SSSR count). The van der Waals surface area contributed by atoms with Gasteiger partial charge < -0.3 is 14.8 Å². The quantitative estimate of drug-likeness (QED) is 0.295. The monoisotopic (exact) mass is 344 g/mol. The summed E-state index contributed by atoms with van der Waals surface area (Å²) < 4.78 is 23.5. The summed E-state index contributed by atoms with van der Waals surface area (Å²) in [7, 11) is 0. The molecule has 1 saturated heterocycles. The second kappa shape index (κ2) is 5.84. The van der Waals surface area contributed by atoms with Gasteiger partial charge in [-0.1, -0.05) is 11.6 Å². The number of carbonyl (C=O) groups is 2. The standard InChI is InChI=1S/C13H10ClFN2O6/c1-13(2)22-11(18)7(12(19)23-13)5-16-10-8(14)3-6(17(20)21)4-9(10)15/h3-5,16H,1-2H3. The Labute approximate surface area is 134 Å². The Hall–Kier alpha value is -2.68. The third kappa shape index (κ3) is 3.57. The van der Waals surface area contributed by atoms with E-state index in [4.69, 9.17) is 21.1 Å². The number of hydrogen-bond acceptors (Lipinski definition) is 7. The highest BCUT2D eigenvalue weighted by molar-refractivity contribution is 6.33. The van der Waals surface area contributed by atoms with Gasteiger partial charge >= 0.3 is 11.9 Å². The van der Waals surface area contributed by atoms with Crippen LogP contribution in [0.15, 0.2) is 23.9 Å². The predicted molar refractivity (Wildman–Crippen MR) is 76.0 cm³/mol. The van der Waals surface area contributed by atoms with E-state index in [0.717, 1.165) is 12.3 Å². The number of cyclic esters (lactones) is 2. The molecule has 1 aromatic carbocycles. The molecule has 1 heterocycles. The lowest BCUT2D eigenvalue weighted by atomic mass is 10.2. The van der Waals surface area contributed by atoms with E-state index in [-0.39, 0.29) is 10.7 Å². The van der Waals surface area contributed by atoms with E-state index < -0.39 is 39.7 Å². The number of benzene rings is 1. The van der Waals surface area contributed by atoms with Gasteiger partial charge in [0.1, 0.15) is 0 Å². The fourth-order valence-corrected chi connectivity index (χ4v) is 1.98. The predicted octanol–water partition coefficient (Wildman–Crippen LogP) is 2.52. The number of ether oxygens (including phenoxy) is 2. The van der Waals surface area contributed by atoms with Gasteiger partial charge in [0.15, 0.2) is 11.4 Å². The molecule has 0 amide bonds. The van der Waals surface area contributed by atoms with E-state index >= 15 is 0 Å². The van der Waals surface area contributed by atoms with Crippen LogP contribution in [-0.2, 0) is 19.1 Å². The number of nitro groups is 1. The van der Waals surface area contributed by atoms with Gasteiger partial charge in [0.05, 0.1) is 21.7 Å². The average Bonchev–Trinajstić information content (AvgIpc) is 2.38. The molecule has 10 heteroatoms. The molecule has 0 radical (unpaired) electrons. The van der Waals surface area contributed by atoms with E-state index in [9.17, 15) is 24.1 Å². The molecule has 0 saturated carbocycles. The summed E-state index contributed by atoms with van der Waals surface area (Å²) in [5.41, 5.74) is -1.38. The first-order chi connectivity index (χ1) is 10.6. The zero-order valence-electron chi connectivity index (χ0n) is 11.9. The zero-order valence-corrected chi connectivity index (χ0v) is 12.6. The Bertz CT molecular complexity index is 701. The number of non-ortho nitro benzene ring substituents is 1. The number of halogens is 2. The molecule has 0 unspecified atom stereocenters. The number of nitrogens with zero attached hydrogens (tertiary/aromatic N) is 1. The van der Waals surface area contributed by atoms with Crippen molar-refractivity contribution in [2.75, 3.05) is 5.32 Å². The summed E-state index contributed by atoms with van der Waals surface area (Å²) in [4.78, 5) is 33.2. The van der Waals surface area contributed by atoms with Crippen LogP contribution in [0.4, 0.5) is 15.8 Å². The highest BCUT2D eigenvalue weighted by Crippen LogP contribution is 2.31. The van der Waals surface area contributed by atoms with Crippen LogP contribution in [0.1, 0.15) is 13.8 Å². The molecule has 0 bridgehead atoms. The first-order valence-corrected chi connectivity index (χ1v) is 6.55.